The van der Waals surface area contributed by atoms with Gasteiger partial charge in [0.15, 0.2) is 0 Å². The Morgan fingerprint density at radius 3 is 2.18 bits per heavy atom. The molecule has 0 amide bonds. The molecule has 7 heteroatoms. The van der Waals surface area contributed by atoms with E-state index in [-0.39, 0.29) is 33.7 Å². The number of ether oxygens (including phenoxy) is 1. The minimum Gasteiger partial charge on any atom is -0.458 e. The molecule has 0 aliphatic heterocycles. The molecule has 2 rings (SSSR count). The molecule has 0 atom stereocenters. The van der Waals surface area contributed by atoms with Crippen LogP contribution >= 0.6 is 0 Å². The van der Waals surface area contributed by atoms with Crippen molar-refractivity contribution in [2.24, 2.45) is 0 Å². The molecule has 0 saturated carbocycles. The molecule has 2 aromatic rings. The second-order valence-electron chi connectivity index (χ2n) is 4.27. The molecule has 0 radical (unpaired) electrons. The Hall–Kier alpha value is -3.31. The number of nitriles is 3. The lowest BCUT2D eigenvalue weighted by molar-refractivity contribution is 0.420. The van der Waals surface area contributed by atoms with E-state index in [0.29, 0.717) is 0 Å². The van der Waals surface area contributed by atoms with E-state index in [2.05, 4.69) is 0 Å². The van der Waals surface area contributed by atoms with Gasteiger partial charge in [0.25, 0.3) is 0 Å². The van der Waals surface area contributed by atoms with Gasteiger partial charge in [0, 0.05) is 5.46 Å². The average molecular weight is 289 g/mol. The van der Waals surface area contributed by atoms with Crippen molar-refractivity contribution in [1.29, 1.82) is 15.8 Å². The molecule has 0 aliphatic rings. The maximum absolute atomic E-state index is 9.36. The van der Waals surface area contributed by atoms with Crippen LogP contribution in [0.2, 0.25) is 0 Å². The van der Waals surface area contributed by atoms with E-state index in [0.717, 1.165) is 0 Å². The van der Waals surface area contributed by atoms with Gasteiger partial charge in [-0.1, -0.05) is 0 Å². The lowest BCUT2D eigenvalue weighted by atomic mass is 9.79. The molecule has 22 heavy (non-hydrogen) atoms. The maximum Gasteiger partial charge on any atom is 0.492 e. The molecule has 0 unspecified atom stereocenters. The predicted octanol–water partition coefficient (Wildman–Crippen LogP) is 0.774. The number of hydrogen-bond donors (Lipinski definition) is 2. The van der Waals surface area contributed by atoms with Gasteiger partial charge in [-0.05, 0) is 36.4 Å². The summed E-state index contributed by atoms with van der Waals surface area (Å²) >= 11 is 0. The standard InChI is InChI=1S/C15H8BN3O3/c17-7-10-1-4-15(14(5-10)16(20)21)22-13-3-2-11(8-18)12(6-13)9-19/h1-6,20-21H. The number of hydrogen-bond acceptors (Lipinski definition) is 6. The summed E-state index contributed by atoms with van der Waals surface area (Å²) in [5.41, 5.74) is 0.659. The van der Waals surface area contributed by atoms with Crippen molar-refractivity contribution in [3.63, 3.8) is 0 Å². The predicted molar refractivity (Wildman–Crippen MR) is 76.9 cm³/mol. The van der Waals surface area contributed by atoms with Gasteiger partial charge in [0.1, 0.15) is 23.6 Å². The zero-order valence-electron chi connectivity index (χ0n) is 11.2. The minimum absolute atomic E-state index is 0.0296. The fourth-order valence-electron chi connectivity index (χ4n) is 1.82. The summed E-state index contributed by atoms with van der Waals surface area (Å²) < 4.78 is 5.52. The first-order chi connectivity index (χ1) is 10.6. The average Bonchev–Trinajstić information content (AvgIpc) is 2.54. The molecule has 0 aliphatic carbocycles. The molecule has 0 fully saturated rings. The number of nitrogens with zero attached hydrogens (tertiary/aromatic N) is 3. The highest BCUT2D eigenvalue weighted by Gasteiger charge is 2.19. The van der Waals surface area contributed by atoms with Gasteiger partial charge in [-0.3, -0.25) is 0 Å². The number of benzene rings is 2. The smallest absolute Gasteiger partial charge is 0.458 e. The van der Waals surface area contributed by atoms with Gasteiger partial charge in [-0.15, -0.1) is 0 Å². The van der Waals surface area contributed by atoms with Crippen molar-refractivity contribution in [3.05, 3.63) is 53.1 Å². The van der Waals surface area contributed by atoms with Crippen LogP contribution in [0.4, 0.5) is 0 Å². The molecule has 0 aromatic heterocycles. The van der Waals surface area contributed by atoms with Crippen molar-refractivity contribution in [3.8, 4) is 29.7 Å². The minimum atomic E-state index is -1.81. The van der Waals surface area contributed by atoms with Crippen molar-refractivity contribution < 1.29 is 14.8 Å². The van der Waals surface area contributed by atoms with Gasteiger partial charge in [0.05, 0.1) is 22.8 Å². The topological polar surface area (TPSA) is 121 Å². The third-order valence-electron chi connectivity index (χ3n) is 2.88. The van der Waals surface area contributed by atoms with Crippen LogP contribution in [-0.2, 0) is 0 Å². The van der Waals surface area contributed by atoms with Crippen molar-refractivity contribution in [1.82, 2.24) is 0 Å². The third-order valence-corrected chi connectivity index (χ3v) is 2.88. The van der Waals surface area contributed by atoms with Gasteiger partial charge < -0.3 is 14.8 Å². The first-order valence-corrected chi connectivity index (χ1v) is 6.11. The zero-order chi connectivity index (χ0) is 16.1. The van der Waals surface area contributed by atoms with Crippen LogP contribution in [0.15, 0.2) is 36.4 Å². The Bertz CT molecular complexity index is 845. The lowest BCUT2D eigenvalue weighted by Crippen LogP contribution is -2.31. The number of rotatable bonds is 3. The molecule has 0 bridgehead atoms. The highest BCUT2D eigenvalue weighted by atomic mass is 16.5. The highest BCUT2D eigenvalue weighted by molar-refractivity contribution is 6.59. The van der Waals surface area contributed by atoms with E-state index >= 15 is 0 Å². The molecule has 2 N–H and O–H groups in total. The zero-order valence-corrected chi connectivity index (χ0v) is 11.2. The van der Waals surface area contributed by atoms with E-state index in [1.165, 1.54) is 36.4 Å². The summed E-state index contributed by atoms with van der Waals surface area (Å²) in [6, 6.07) is 14.2. The Morgan fingerprint density at radius 1 is 0.864 bits per heavy atom. The molecule has 2 aromatic carbocycles. The van der Waals surface area contributed by atoms with E-state index in [1.54, 1.807) is 0 Å². The van der Waals surface area contributed by atoms with Crippen LogP contribution in [0, 0.1) is 34.0 Å². The van der Waals surface area contributed by atoms with E-state index < -0.39 is 7.12 Å². The fourth-order valence-corrected chi connectivity index (χ4v) is 1.82. The highest BCUT2D eigenvalue weighted by Crippen LogP contribution is 2.23. The van der Waals surface area contributed by atoms with Crippen LogP contribution in [0.1, 0.15) is 16.7 Å². The Kier molecular flexibility index (Phi) is 4.41. The van der Waals surface area contributed by atoms with Crippen LogP contribution in [0.5, 0.6) is 11.5 Å². The Balaban J connectivity index is 2.42. The monoisotopic (exact) mass is 289 g/mol. The van der Waals surface area contributed by atoms with Gasteiger partial charge in [-0.2, -0.15) is 15.8 Å². The summed E-state index contributed by atoms with van der Waals surface area (Å²) in [6.45, 7) is 0. The molecule has 104 valence electrons. The van der Waals surface area contributed by atoms with E-state index in [4.69, 9.17) is 20.5 Å². The van der Waals surface area contributed by atoms with E-state index in [1.807, 2.05) is 18.2 Å². The largest absolute Gasteiger partial charge is 0.492 e. The summed E-state index contributed by atoms with van der Waals surface area (Å²) in [7, 11) is -1.81. The van der Waals surface area contributed by atoms with Gasteiger partial charge in [0.2, 0.25) is 0 Å². The van der Waals surface area contributed by atoms with Gasteiger partial charge >= 0.3 is 7.12 Å². The summed E-state index contributed by atoms with van der Waals surface area (Å²) in [6.07, 6.45) is 0. The summed E-state index contributed by atoms with van der Waals surface area (Å²) in [4.78, 5) is 0. The van der Waals surface area contributed by atoms with E-state index in [9.17, 15) is 10.0 Å². The van der Waals surface area contributed by atoms with Crippen LogP contribution in [0.25, 0.3) is 0 Å². The fraction of sp³-hybridized carbons (Fsp3) is 0. The molecule has 6 nitrogen and oxygen atoms in total. The van der Waals surface area contributed by atoms with Crippen LogP contribution < -0.4 is 10.2 Å². The Morgan fingerprint density at radius 2 is 1.59 bits per heavy atom. The normalized spacial score (nSPS) is 9.23. The van der Waals surface area contributed by atoms with Crippen LogP contribution in [-0.4, -0.2) is 17.2 Å². The molecule has 0 heterocycles. The van der Waals surface area contributed by atoms with Crippen LogP contribution in [0.3, 0.4) is 0 Å². The second-order valence-corrected chi connectivity index (χ2v) is 4.27. The maximum atomic E-state index is 9.36. The SMILES string of the molecule is N#Cc1ccc(Oc2ccc(C#N)c(C#N)c2)c(B(O)O)c1. The summed E-state index contributed by atoms with van der Waals surface area (Å²) in [5, 5.41) is 45.4. The second kappa shape index (κ2) is 6.43. The van der Waals surface area contributed by atoms with Crippen molar-refractivity contribution in [2.75, 3.05) is 0 Å². The Labute approximate surface area is 126 Å². The van der Waals surface area contributed by atoms with Crippen molar-refractivity contribution in [2.45, 2.75) is 0 Å². The van der Waals surface area contributed by atoms with Crippen molar-refractivity contribution >= 4 is 12.6 Å². The first-order valence-electron chi connectivity index (χ1n) is 6.11. The quantitative estimate of drug-likeness (QED) is 0.805. The molecular weight excluding hydrogens is 281 g/mol. The lowest BCUT2D eigenvalue weighted by Gasteiger charge is -2.11. The molecule has 0 saturated heterocycles. The first kappa shape index (κ1) is 15.1. The molecule has 0 spiro atoms. The summed E-state index contributed by atoms with van der Waals surface area (Å²) in [5.74, 6) is 0.407. The molecular formula is C15H8BN3O3. The van der Waals surface area contributed by atoms with Gasteiger partial charge in [-0.25, -0.2) is 0 Å². The third kappa shape index (κ3) is 3.05.